The van der Waals surface area contributed by atoms with Crippen molar-refractivity contribution in [2.75, 3.05) is 20.1 Å². The number of likely N-dealkylation sites (N-methyl/N-ethyl adjacent to an activating group) is 1. The van der Waals surface area contributed by atoms with Gasteiger partial charge in [-0.25, -0.2) is 0 Å². The molecule has 1 unspecified atom stereocenters. The summed E-state index contributed by atoms with van der Waals surface area (Å²) in [6.45, 7) is 2.59. The van der Waals surface area contributed by atoms with Crippen LogP contribution < -0.4 is 0 Å². The molecule has 3 rings (SSSR count). The number of carbonyl (C=O) groups is 1. The van der Waals surface area contributed by atoms with Crippen LogP contribution in [-0.4, -0.2) is 41.9 Å². The standard InChI is InChI=1S/C22H26N2O/c1-23(17-20-11-6-3-7-12-20)21-13-8-16-24(18-21)22(25)15-14-19-9-4-2-5-10-19/h2-7,9-12,14-15,21H,8,13,16-18H2,1H3. The fourth-order valence-electron chi connectivity index (χ4n) is 3.35. The maximum Gasteiger partial charge on any atom is 0.246 e. The second kappa shape index (κ2) is 8.63. The maximum atomic E-state index is 12.5. The average Bonchev–Trinajstić information content (AvgIpc) is 2.68. The van der Waals surface area contributed by atoms with Crippen LogP contribution in [0.5, 0.6) is 0 Å². The van der Waals surface area contributed by atoms with Gasteiger partial charge in [0.2, 0.25) is 5.91 Å². The summed E-state index contributed by atoms with van der Waals surface area (Å²) in [4.78, 5) is 16.9. The van der Waals surface area contributed by atoms with Crippen molar-refractivity contribution < 1.29 is 4.79 Å². The molecule has 0 radical (unpaired) electrons. The van der Waals surface area contributed by atoms with Gasteiger partial charge in [0, 0.05) is 31.8 Å². The second-order valence-corrected chi connectivity index (χ2v) is 6.73. The van der Waals surface area contributed by atoms with Gasteiger partial charge in [-0.1, -0.05) is 60.7 Å². The van der Waals surface area contributed by atoms with Gasteiger partial charge in [0.25, 0.3) is 0 Å². The minimum atomic E-state index is 0.113. The first kappa shape index (κ1) is 17.4. The van der Waals surface area contributed by atoms with Gasteiger partial charge in [0.05, 0.1) is 0 Å². The van der Waals surface area contributed by atoms with Crippen LogP contribution in [0.3, 0.4) is 0 Å². The normalized spacial score (nSPS) is 18.0. The van der Waals surface area contributed by atoms with Gasteiger partial charge in [0.15, 0.2) is 0 Å². The molecule has 25 heavy (non-hydrogen) atoms. The van der Waals surface area contributed by atoms with Gasteiger partial charge in [-0.05, 0) is 37.1 Å². The molecule has 1 saturated heterocycles. The van der Waals surface area contributed by atoms with Gasteiger partial charge in [-0.2, -0.15) is 0 Å². The lowest BCUT2D eigenvalue weighted by Gasteiger charge is -2.37. The fourth-order valence-corrected chi connectivity index (χ4v) is 3.35. The zero-order chi connectivity index (χ0) is 17.5. The molecule has 1 fully saturated rings. The molecule has 3 heteroatoms. The minimum Gasteiger partial charge on any atom is -0.338 e. The Morgan fingerprint density at radius 1 is 1.12 bits per heavy atom. The largest absolute Gasteiger partial charge is 0.338 e. The van der Waals surface area contributed by atoms with E-state index in [4.69, 9.17) is 0 Å². The molecule has 1 aliphatic rings. The molecule has 1 aliphatic heterocycles. The Bertz CT molecular complexity index is 696. The number of piperidine rings is 1. The molecular weight excluding hydrogens is 308 g/mol. The van der Waals surface area contributed by atoms with E-state index in [1.165, 1.54) is 5.56 Å². The third-order valence-corrected chi connectivity index (χ3v) is 4.82. The molecule has 0 saturated carbocycles. The minimum absolute atomic E-state index is 0.113. The predicted octanol–water partition coefficient (Wildman–Crippen LogP) is 3.82. The predicted molar refractivity (Wildman–Crippen MR) is 103 cm³/mol. The molecule has 2 aromatic rings. The Hall–Kier alpha value is -2.39. The monoisotopic (exact) mass is 334 g/mol. The van der Waals surface area contributed by atoms with E-state index in [2.05, 4.69) is 36.2 Å². The lowest BCUT2D eigenvalue weighted by molar-refractivity contribution is -0.128. The highest BCUT2D eigenvalue weighted by Crippen LogP contribution is 2.17. The van der Waals surface area contributed by atoms with E-state index in [-0.39, 0.29) is 5.91 Å². The molecule has 1 atom stereocenters. The molecule has 0 aliphatic carbocycles. The van der Waals surface area contributed by atoms with Crippen molar-refractivity contribution in [3.8, 4) is 0 Å². The first-order chi connectivity index (χ1) is 12.2. The molecule has 0 aromatic heterocycles. The number of likely N-dealkylation sites (tertiary alicyclic amines) is 1. The van der Waals surface area contributed by atoms with Crippen molar-refractivity contribution >= 4 is 12.0 Å². The third kappa shape index (κ3) is 5.04. The molecule has 0 bridgehead atoms. The Morgan fingerprint density at radius 3 is 2.52 bits per heavy atom. The highest BCUT2D eigenvalue weighted by atomic mass is 16.2. The summed E-state index contributed by atoms with van der Waals surface area (Å²) in [6, 6.07) is 20.9. The van der Waals surface area contributed by atoms with Gasteiger partial charge in [-0.3, -0.25) is 9.69 Å². The molecule has 3 nitrogen and oxygen atoms in total. The number of rotatable bonds is 5. The van der Waals surface area contributed by atoms with E-state index in [9.17, 15) is 4.79 Å². The summed E-state index contributed by atoms with van der Waals surface area (Å²) in [5.74, 6) is 0.113. The summed E-state index contributed by atoms with van der Waals surface area (Å²) in [5.41, 5.74) is 2.38. The van der Waals surface area contributed by atoms with Crippen LogP contribution in [0.25, 0.3) is 6.08 Å². The van der Waals surface area contributed by atoms with E-state index in [0.29, 0.717) is 6.04 Å². The van der Waals surface area contributed by atoms with Gasteiger partial charge in [0.1, 0.15) is 0 Å². The molecule has 0 N–H and O–H groups in total. The summed E-state index contributed by atoms with van der Waals surface area (Å²) in [7, 11) is 2.16. The number of hydrogen-bond acceptors (Lipinski definition) is 2. The number of carbonyl (C=O) groups excluding carboxylic acids is 1. The maximum absolute atomic E-state index is 12.5. The Morgan fingerprint density at radius 2 is 1.80 bits per heavy atom. The zero-order valence-electron chi connectivity index (χ0n) is 14.8. The molecule has 1 amide bonds. The Balaban J connectivity index is 1.57. The lowest BCUT2D eigenvalue weighted by atomic mass is 10.0. The van der Waals surface area contributed by atoms with Crippen molar-refractivity contribution in [1.29, 1.82) is 0 Å². The van der Waals surface area contributed by atoms with Crippen molar-refractivity contribution in [1.82, 2.24) is 9.80 Å². The topological polar surface area (TPSA) is 23.6 Å². The highest BCUT2D eigenvalue weighted by Gasteiger charge is 2.25. The smallest absolute Gasteiger partial charge is 0.246 e. The quantitative estimate of drug-likeness (QED) is 0.776. The van der Waals surface area contributed by atoms with Crippen molar-refractivity contribution in [2.45, 2.75) is 25.4 Å². The summed E-state index contributed by atoms with van der Waals surface area (Å²) < 4.78 is 0. The number of benzene rings is 2. The van der Waals surface area contributed by atoms with Gasteiger partial charge < -0.3 is 4.90 Å². The number of hydrogen-bond donors (Lipinski definition) is 0. The first-order valence-corrected chi connectivity index (χ1v) is 8.98. The van der Waals surface area contributed by atoms with Crippen molar-refractivity contribution in [2.24, 2.45) is 0 Å². The molecular formula is C22H26N2O. The van der Waals surface area contributed by atoms with E-state index >= 15 is 0 Å². The van der Waals surface area contributed by atoms with Crippen LogP contribution in [0, 0.1) is 0 Å². The average molecular weight is 334 g/mol. The molecule has 0 spiro atoms. The number of nitrogens with zero attached hydrogens (tertiary/aromatic N) is 2. The van der Waals surface area contributed by atoms with Crippen LogP contribution in [0.1, 0.15) is 24.0 Å². The van der Waals surface area contributed by atoms with Gasteiger partial charge in [-0.15, -0.1) is 0 Å². The zero-order valence-corrected chi connectivity index (χ0v) is 14.8. The SMILES string of the molecule is CN(Cc1ccccc1)C1CCCN(C(=O)C=Cc2ccccc2)C1. The van der Waals surface area contributed by atoms with Crippen LogP contribution in [0.4, 0.5) is 0 Å². The van der Waals surface area contributed by atoms with Crippen LogP contribution in [-0.2, 0) is 11.3 Å². The van der Waals surface area contributed by atoms with Crippen molar-refractivity contribution in [3.63, 3.8) is 0 Å². The van der Waals surface area contributed by atoms with Crippen LogP contribution in [0.15, 0.2) is 66.7 Å². The van der Waals surface area contributed by atoms with Crippen LogP contribution in [0.2, 0.25) is 0 Å². The first-order valence-electron chi connectivity index (χ1n) is 8.98. The van der Waals surface area contributed by atoms with E-state index in [1.54, 1.807) is 6.08 Å². The molecule has 2 aromatic carbocycles. The molecule has 1 heterocycles. The fraction of sp³-hybridized carbons (Fsp3) is 0.318. The highest BCUT2D eigenvalue weighted by molar-refractivity contribution is 5.91. The van der Waals surface area contributed by atoms with E-state index in [0.717, 1.165) is 38.0 Å². The lowest BCUT2D eigenvalue weighted by Crippen LogP contribution is -2.47. The molecule has 130 valence electrons. The van der Waals surface area contributed by atoms with E-state index in [1.807, 2.05) is 47.4 Å². The van der Waals surface area contributed by atoms with Crippen molar-refractivity contribution in [3.05, 3.63) is 77.9 Å². The van der Waals surface area contributed by atoms with Gasteiger partial charge >= 0.3 is 0 Å². The second-order valence-electron chi connectivity index (χ2n) is 6.73. The van der Waals surface area contributed by atoms with Crippen LogP contribution >= 0.6 is 0 Å². The summed E-state index contributed by atoms with van der Waals surface area (Å²) in [6.07, 6.45) is 5.82. The third-order valence-electron chi connectivity index (χ3n) is 4.82. The Labute approximate surface area is 150 Å². The summed E-state index contributed by atoms with van der Waals surface area (Å²) >= 11 is 0. The summed E-state index contributed by atoms with van der Waals surface area (Å²) in [5, 5.41) is 0. The Kier molecular flexibility index (Phi) is 6.02. The van der Waals surface area contributed by atoms with E-state index < -0.39 is 0 Å². The number of amides is 1.